The number of aromatic nitrogens is 4. The van der Waals surface area contributed by atoms with Crippen LogP contribution in [0.1, 0.15) is 44.5 Å². The molecule has 0 fully saturated rings. The van der Waals surface area contributed by atoms with E-state index in [1.165, 1.54) is 0 Å². The van der Waals surface area contributed by atoms with Crippen molar-refractivity contribution in [3.05, 3.63) is 257 Å². The van der Waals surface area contributed by atoms with Gasteiger partial charge in [0.25, 0.3) is 0 Å². The maximum absolute atomic E-state index is 5.66. The van der Waals surface area contributed by atoms with Crippen LogP contribution in [0.3, 0.4) is 0 Å². The molecule has 0 saturated heterocycles. The van der Waals surface area contributed by atoms with E-state index in [2.05, 4.69) is 169 Å². The maximum atomic E-state index is 5.66. The van der Waals surface area contributed by atoms with Gasteiger partial charge < -0.3 is 0 Å². The van der Waals surface area contributed by atoms with Gasteiger partial charge in [0.2, 0.25) is 0 Å². The molecule has 2 aliphatic rings. The van der Waals surface area contributed by atoms with E-state index in [-0.39, 0.29) is 0 Å². The number of hydrogen-bond donors (Lipinski definition) is 0. The summed E-state index contributed by atoms with van der Waals surface area (Å²) in [6, 6.07) is 71.2. The van der Waals surface area contributed by atoms with E-state index in [1.54, 1.807) is 0 Å². The normalized spacial score (nSPS) is 14.2. The minimum absolute atomic E-state index is 0.745. The Balaban J connectivity index is 1.36. The number of benzene rings is 5. The van der Waals surface area contributed by atoms with Crippen molar-refractivity contribution in [2.75, 3.05) is 4.90 Å². The highest BCUT2D eigenvalue weighted by atomic mass is 15.3. The van der Waals surface area contributed by atoms with E-state index in [1.807, 2.05) is 48.8 Å². The Morgan fingerprint density at radius 2 is 0.667 bits per heavy atom. The van der Waals surface area contributed by atoms with Crippen LogP contribution in [0.2, 0.25) is 0 Å². The second-order valence-electron chi connectivity index (χ2n) is 14.6. The lowest BCUT2D eigenvalue weighted by Crippen LogP contribution is -2.44. The quantitative estimate of drug-likeness (QED) is 0.171. The van der Waals surface area contributed by atoms with E-state index in [0.29, 0.717) is 0 Å². The molecular formula is C52H35N5. The van der Waals surface area contributed by atoms with Gasteiger partial charge in [-0.2, -0.15) is 0 Å². The molecule has 0 N–H and O–H groups in total. The predicted molar refractivity (Wildman–Crippen MR) is 227 cm³/mol. The van der Waals surface area contributed by atoms with Crippen LogP contribution < -0.4 is 4.90 Å². The summed E-state index contributed by atoms with van der Waals surface area (Å²) in [5.74, 6) is 1.62. The molecule has 268 valence electrons. The first-order valence-corrected chi connectivity index (χ1v) is 19.3. The number of nitrogens with zero attached hydrogens (tertiary/aromatic N) is 5. The van der Waals surface area contributed by atoms with Gasteiger partial charge in [0.15, 0.2) is 0 Å². The first kappa shape index (κ1) is 32.9. The third-order valence-corrected chi connectivity index (χ3v) is 11.7. The van der Waals surface area contributed by atoms with Crippen LogP contribution >= 0.6 is 0 Å². The van der Waals surface area contributed by atoms with Crippen molar-refractivity contribution < 1.29 is 0 Å². The average molecular weight is 730 g/mol. The first-order chi connectivity index (χ1) is 28.3. The number of hydrogen-bond acceptors (Lipinski definition) is 5. The van der Waals surface area contributed by atoms with E-state index >= 15 is 0 Å². The summed E-state index contributed by atoms with van der Waals surface area (Å²) >= 11 is 0. The molecule has 0 amide bonds. The molecule has 0 bridgehead atoms. The van der Waals surface area contributed by atoms with Crippen LogP contribution in [-0.4, -0.2) is 19.9 Å². The molecule has 5 nitrogen and oxygen atoms in total. The summed E-state index contributed by atoms with van der Waals surface area (Å²) in [7, 11) is 0. The molecule has 9 aromatic rings. The fourth-order valence-corrected chi connectivity index (χ4v) is 9.46. The van der Waals surface area contributed by atoms with Gasteiger partial charge in [-0.3, -0.25) is 14.9 Å². The predicted octanol–water partition coefficient (Wildman–Crippen LogP) is 11.5. The fourth-order valence-electron chi connectivity index (χ4n) is 9.46. The Morgan fingerprint density at radius 3 is 1.02 bits per heavy atom. The van der Waals surface area contributed by atoms with Gasteiger partial charge in [-0.15, -0.1) is 0 Å². The van der Waals surface area contributed by atoms with Crippen LogP contribution in [0.4, 0.5) is 17.3 Å². The zero-order valence-electron chi connectivity index (χ0n) is 30.9. The van der Waals surface area contributed by atoms with Gasteiger partial charge in [-0.05, 0) is 69.8 Å². The number of anilines is 3. The zero-order chi connectivity index (χ0) is 37.8. The fraction of sp³-hybridized carbons (Fsp3) is 0.0385. The van der Waals surface area contributed by atoms with Crippen LogP contribution in [0, 0.1) is 0 Å². The highest BCUT2D eigenvalue weighted by Gasteiger charge is 2.55. The first-order valence-electron chi connectivity index (χ1n) is 19.3. The van der Waals surface area contributed by atoms with Crippen LogP contribution in [0.15, 0.2) is 213 Å². The molecule has 0 atom stereocenters. The molecular weight excluding hydrogens is 695 g/mol. The highest BCUT2D eigenvalue weighted by Crippen LogP contribution is 2.65. The number of para-hydroxylation sites is 1. The number of rotatable bonds is 6. The number of fused-ring (bicyclic) bond motifs is 4. The molecule has 0 saturated carbocycles. The van der Waals surface area contributed by atoms with Gasteiger partial charge in [0.1, 0.15) is 11.6 Å². The topological polar surface area (TPSA) is 54.8 Å². The van der Waals surface area contributed by atoms with Crippen LogP contribution in [0.5, 0.6) is 0 Å². The average Bonchev–Trinajstić information content (AvgIpc) is 3.30. The Morgan fingerprint density at radius 1 is 0.298 bits per heavy atom. The maximum Gasteiger partial charge on any atom is 0.144 e. The minimum atomic E-state index is -0.745. The molecule has 57 heavy (non-hydrogen) atoms. The molecule has 5 aromatic carbocycles. The lowest BCUT2D eigenvalue weighted by atomic mass is 9.58. The highest BCUT2D eigenvalue weighted by molar-refractivity contribution is 5.95. The molecule has 6 heterocycles. The molecule has 0 aliphatic carbocycles. The zero-order valence-corrected chi connectivity index (χ0v) is 30.9. The summed E-state index contributed by atoms with van der Waals surface area (Å²) in [6.07, 6.45) is 3.65. The monoisotopic (exact) mass is 729 g/mol. The van der Waals surface area contributed by atoms with Crippen molar-refractivity contribution in [3.63, 3.8) is 0 Å². The van der Waals surface area contributed by atoms with Crippen molar-refractivity contribution in [3.8, 4) is 22.8 Å². The molecule has 11 rings (SSSR count). The third-order valence-electron chi connectivity index (χ3n) is 11.7. The third kappa shape index (κ3) is 4.76. The molecule has 0 spiro atoms. The van der Waals surface area contributed by atoms with Crippen molar-refractivity contribution >= 4 is 17.3 Å². The SMILES string of the molecule is c1ccc(C2(c3ccccc3)c3ccc(-c4ccccn4)nc3N3c4nc(-c5ccccn5)ccc4C(c4ccccc4)(c4ccccc4)c4cccc2c43)cc1. The summed E-state index contributed by atoms with van der Waals surface area (Å²) in [5, 5.41) is 0. The smallest absolute Gasteiger partial charge is 0.144 e. The van der Waals surface area contributed by atoms with Crippen LogP contribution in [0.25, 0.3) is 22.8 Å². The van der Waals surface area contributed by atoms with Gasteiger partial charge in [-0.25, -0.2) is 9.97 Å². The summed E-state index contributed by atoms with van der Waals surface area (Å²) < 4.78 is 0. The lowest BCUT2D eigenvalue weighted by molar-refractivity contribution is 0.680. The summed E-state index contributed by atoms with van der Waals surface area (Å²) in [6.45, 7) is 0. The molecule has 0 unspecified atom stereocenters. The largest absolute Gasteiger partial charge is 0.278 e. The molecule has 4 aromatic heterocycles. The molecule has 2 aliphatic heterocycles. The van der Waals surface area contributed by atoms with E-state index in [0.717, 1.165) is 84.6 Å². The van der Waals surface area contributed by atoms with Crippen molar-refractivity contribution in [2.24, 2.45) is 0 Å². The Kier molecular flexibility index (Phi) is 7.54. The van der Waals surface area contributed by atoms with Gasteiger partial charge in [0.05, 0.1) is 39.3 Å². The second-order valence-corrected chi connectivity index (χ2v) is 14.6. The van der Waals surface area contributed by atoms with Crippen molar-refractivity contribution in [2.45, 2.75) is 10.8 Å². The Labute approximate surface area is 331 Å². The minimum Gasteiger partial charge on any atom is -0.278 e. The van der Waals surface area contributed by atoms with E-state index in [9.17, 15) is 0 Å². The summed E-state index contributed by atoms with van der Waals surface area (Å²) in [5.41, 5.74) is 11.8. The Bertz CT molecular complexity index is 2610. The van der Waals surface area contributed by atoms with Gasteiger partial charge in [0, 0.05) is 23.5 Å². The number of pyridine rings is 4. The standard InChI is InChI=1S/C52H35N5/c1-5-18-36(19-6-1)51(37-20-7-2-8-21-37)40-26-17-27-41-48(40)57(49-42(51)30-32-46(55-49)44-28-13-15-34-53-44)50-43(31-33-47(56-50)45-29-14-16-35-54-45)52(41,38-22-9-3-10-23-38)39-24-11-4-12-25-39/h1-35H. The van der Waals surface area contributed by atoms with E-state index in [4.69, 9.17) is 19.9 Å². The van der Waals surface area contributed by atoms with E-state index < -0.39 is 10.8 Å². The summed E-state index contributed by atoms with van der Waals surface area (Å²) in [4.78, 5) is 23.2. The van der Waals surface area contributed by atoms with Crippen LogP contribution in [-0.2, 0) is 10.8 Å². The van der Waals surface area contributed by atoms with Gasteiger partial charge >= 0.3 is 0 Å². The molecule has 5 heteroatoms. The van der Waals surface area contributed by atoms with Crippen molar-refractivity contribution in [1.29, 1.82) is 0 Å². The van der Waals surface area contributed by atoms with Gasteiger partial charge in [-0.1, -0.05) is 164 Å². The second kappa shape index (κ2) is 13.1. The lowest BCUT2D eigenvalue weighted by Gasteiger charge is -2.52. The molecule has 0 radical (unpaired) electrons. The Hall–Kier alpha value is -7.50. The van der Waals surface area contributed by atoms with Crippen molar-refractivity contribution in [1.82, 2.24) is 19.9 Å².